The van der Waals surface area contributed by atoms with Gasteiger partial charge in [-0.2, -0.15) is 11.8 Å². The summed E-state index contributed by atoms with van der Waals surface area (Å²) in [5, 5.41) is 9.88. The molecule has 94 valence electrons. The summed E-state index contributed by atoms with van der Waals surface area (Å²) in [5.41, 5.74) is 1.64. The number of anilines is 1. The minimum atomic E-state index is -0.287. The van der Waals surface area contributed by atoms with Gasteiger partial charge in [0.25, 0.3) is 0 Å². The van der Waals surface area contributed by atoms with Crippen molar-refractivity contribution in [2.24, 2.45) is 0 Å². The number of hydrogen-bond donors (Lipinski definition) is 1. The predicted octanol–water partition coefficient (Wildman–Crippen LogP) is 2.65. The van der Waals surface area contributed by atoms with Crippen LogP contribution in [-0.2, 0) is 6.61 Å². The van der Waals surface area contributed by atoms with Crippen molar-refractivity contribution in [2.45, 2.75) is 31.7 Å². The average Bonchev–Trinajstić information content (AvgIpc) is 2.33. The second-order valence-corrected chi connectivity index (χ2v) is 5.93. The van der Waals surface area contributed by atoms with Crippen LogP contribution < -0.4 is 4.90 Å². The van der Waals surface area contributed by atoms with Crippen LogP contribution in [0.4, 0.5) is 10.1 Å². The van der Waals surface area contributed by atoms with Crippen molar-refractivity contribution in [3.05, 3.63) is 29.6 Å². The molecule has 1 saturated heterocycles. The quantitative estimate of drug-likeness (QED) is 0.879. The van der Waals surface area contributed by atoms with Gasteiger partial charge in [-0.1, -0.05) is 6.92 Å². The van der Waals surface area contributed by atoms with Gasteiger partial charge < -0.3 is 10.0 Å². The van der Waals surface area contributed by atoms with Gasteiger partial charge in [0.1, 0.15) is 5.82 Å². The van der Waals surface area contributed by atoms with Crippen LogP contribution in [0, 0.1) is 5.82 Å². The highest BCUT2D eigenvalue weighted by atomic mass is 32.2. The number of aliphatic hydroxyl groups is 1. The fraction of sp³-hybridized carbons (Fsp3) is 0.538. The van der Waals surface area contributed by atoms with E-state index in [1.165, 1.54) is 12.1 Å². The van der Waals surface area contributed by atoms with E-state index < -0.39 is 0 Å². The molecule has 0 aromatic heterocycles. The molecule has 1 aliphatic rings. The molecule has 2 atom stereocenters. The van der Waals surface area contributed by atoms with Gasteiger partial charge >= 0.3 is 0 Å². The Morgan fingerprint density at radius 3 is 2.94 bits per heavy atom. The van der Waals surface area contributed by atoms with Gasteiger partial charge in [0.15, 0.2) is 0 Å². The lowest BCUT2D eigenvalue weighted by atomic mass is 10.1. The third kappa shape index (κ3) is 2.58. The smallest absolute Gasteiger partial charge is 0.123 e. The van der Waals surface area contributed by atoms with Gasteiger partial charge in [0.2, 0.25) is 0 Å². The Hall–Kier alpha value is -0.740. The summed E-state index contributed by atoms with van der Waals surface area (Å²) in [4.78, 5) is 2.27. The Bertz CT molecular complexity index is 399. The summed E-state index contributed by atoms with van der Waals surface area (Å²) >= 11 is 1.96. The van der Waals surface area contributed by atoms with E-state index in [0.29, 0.717) is 16.9 Å². The molecule has 1 heterocycles. The van der Waals surface area contributed by atoms with Crippen molar-refractivity contribution >= 4 is 17.4 Å². The zero-order valence-corrected chi connectivity index (χ0v) is 11.0. The first-order chi connectivity index (χ1) is 8.13. The van der Waals surface area contributed by atoms with Crippen LogP contribution >= 0.6 is 11.8 Å². The molecule has 4 heteroatoms. The Labute approximate surface area is 106 Å². The zero-order valence-electron chi connectivity index (χ0n) is 10.2. The average molecular weight is 255 g/mol. The molecule has 1 fully saturated rings. The van der Waals surface area contributed by atoms with Crippen LogP contribution in [0.25, 0.3) is 0 Å². The molecule has 1 N–H and O–H groups in total. The highest BCUT2D eigenvalue weighted by Gasteiger charge is 2.26. The van der Waals surface area contributed by atoms with E-state index in [9.17, 15) is 9.50 Å². The second-order valence-electron chi connectivity index (χ2n) is 4.44. The van der Waals surface area contributed by atoms with Gasteiger partial charge in [-0.05, 0) is 25.1 Å². The maximum atomic E-state index is 13.1. The van der Waals surface area contributed by atoms with Crippen molar-refractivity contribution in [2.75, 3.05) is 17.2 Å². The van der Waals surface area contributed by atoms with Crippen LogP contribution in [-0.4, -0.2) is 28.7 Å². The van der Waals surface area contributed by atoms with Crippen molar-refractivity contribution in [3.8, 4) is 0 Å². The number of hydrogen-bond acceptors (Lipinski definition) is 3. The van der Waals surface area contributed by atoms with E-state index in [2.05, 4.69) is 18.7 Å². The second kappa shape index (κ2) is 5.27. The first-order valence-electron chi connectivity index (χ1n) is 5.91. The van der Waals surface area contributed by atoms with Crippen LogP contribution in [0.5, 0.6) is 0 Å². The topological polar surface area (TPSA) is 23.5 Å². The minimum absolute atomic E-state index is 0.113. The maximum absolute atomic E-state index is 13.1. The van der Waals surface area contributed by atoms with Gasteiger partial charge in [-0.15, -0.1) is 0 Å². The van der Waals surface area contributed by atoms with Crippen molar-refractivity contribution in [1.29, 1.82) is 0 Å². The summed E-state index contributed by atoms with van der Waals surface area (Å²) in [6.45, 7) is 5.23. The first-order valence-corrected chi connectivity index (χ1v) is 6.96. The number of benzene rings is 1. The number of nitrogens with zero attached hydrogens (tertiary/aromatic N) is 1. The Morgan fingerprint density at radius 2 is 2.24 bits per heavy atom. The normalized spacial score (nSPS) is 25.1. The van der Waals surface area contributed by atoms with E-state index in [4.69, 9.17) is 0 Å². The van der Waals surface area contributed by atoms with E-state index in [-0.39, 0.29) is 12.4 Å². The van der Waals surface area contributed by atoms with Crippen molar-refractivity contribution in [1.82, 2.24) is 0 Å². The Morgan fingerprint density at radius 1 is 1.47 bits per heavy atom. The summed E-state index contributed by atoms with van der Waals surface area (Å²) < 4.78 is 13.1. The fourth-order valence-corrected chi connectivity index (χ4v) is 3.33. The van der Waals surface area contributed by atoms with Crippen molar-refractivity contribution < 1.29 is 9.50 Å². The number of rotatable bonds is 2. The Kier molecular flexibility index (Phi) is 3.94. The molecule has 0 radical (unpaired) electrons. The van der Waals surface area contributed by atoms with Gasteiger partial charge in [-0.3, -0.25) is 0 Å². The van der Waals surface area contributed by atoms with Gasteiger partial charge in [0, 0.05) is 34.8 Å². The van der Waals surface area contributed by atoms with Crippen molar-refractivity contribution in [3.63, 3.8) is 0 Å². The molecule has 0 amide bonds. The molecule has 2 unspecified atom stereocenters. The van der Waals surface area contributed by atoms with E-state index in [1.54, 1.807) is 6.07 Å². The molecule has 1 aliphatic heterocycles. The molecular formula is C13H18FNOS. The third-order valence-electron chi connectivity index (χ3n) is 3.41. The van der Waals surface area contributed by atoms with E-state index in [0.717, 1.165) is 18.0 Å². The summed E-state index contributed by atoms with van der Waals surface area (Å²) in [7, 11) is 0. The lowest BCUT2D eigenvalue weighted by molar-refractivity contribution is 0.281. The molecule has 2 nitrogen and oxygen atoms in total. The highest BCUT2D eigenvalue weighted by Crippen LogP contribution is 2.31. The third-order valence-corrected chi connectivity index (χ3v) is 4.74. The van der Waals surface area contributed by atoms with Crippen LogP contribution in [0.15, 0.2) is 18.2 Å². The molecule has 17 heavy (non-hydrogen) atoms. The minimum Gasteiger partial charge on any atom is -0.392 e. The molecule has 0 aliphatic carbocycles. The SMILES string of the molecule is CC1SCCN(c2ccc(F)cc2CO)C1C. The van der Waals surface area contributed by atoms with E-state index >= 15 is 0 Å². The Balaban J connectivity index is 2.32. The lowest BCUT2D eigenvalue weighted by Crippen LogP contribution is -2.45. The van der Waals surface area contributed by atoms with Gasteiger partial charge in [0.05, 0.1) is 6.61 Å². The molecular weight excluding hydrogens is 237 g/mol. The lowest BCUT2D eigenvalue weighted by Gasteiger charge is -2.40. The number of aliphatic hydroxyl groups excluding tert-OH is 1. The summed E-state index contributed by atoms with van der Waals surface area (Å²) in [5.74, 6) is 0.790. The van der Waals surface area contributed by atoms with Crippen LogP contribution in [0.3, 0.4) is 0 Å². The first kappa shape index (κ1) is 12.7. The van der Waals surface area contributed by atoms with Crippen LogP contribution in [0.2, 0.25) is 0 Å². The largest absolute Gasteiger partial charge is 0.392 e. The maximum Gasteiger partial charge on any atom is 0.123 e. The molecule has 2 rings (SSSR count). The van der Waals surface area contributed by atoms with Crippen LogP contribution in [0.1, 0.15) is 19.4 Å². The fourth-order valence-electron chi connectivity index (χ4n) is 2.23. The molecule has 0 bridgehead atoms. The van der Waals surface area contributed by atoms with E-state index in [1.807, 2.05) is 11.8 Å². The predicted molar refractivity (Wildman–Crippen MR) is 71.1 cm³/mol. The summed E-state index contributed by atoms with van der Waals surface area (Å²) in [6.07, 6.45) is 0. The molecule has 0 saturated carbocycles. The number of halogens is 1. The summed E-state index contributed by atoms with van der Waals surface area (Å²) in [6, 6.07) is 5.08. The van der Waals surface area contributed by atoms with Gasteiger partial charge in [-0.25, -0.2) is 4.39 Å². The zero-order chi connectivity index (χ0) is 12.4. The number of thioether (sulfide) groups is 1. The monoisotopic (exact) mass is 255 g/mol. The highest BCUT2D eigenvalue weighted by molar-refractivity contribution is 8.00. The molecule has 1 aromatic rings. The molecule has 1 aromatic carbocycles. The molecule has 0 spiro atoms. The standard InChI is InChI=1S/C13H18FNOS/c1-9-10(2)17-6-5-15(9)13-4-3-12(14)7-11(13)8-16/h3-4,7,9-10,16H,5-6,8H2,1-2H3.